The second kappa shape index (κ2) is 6.63. The highest BCUT2D eigenvalue weighted by Gasteiger charge is 2.32. The zero-order valence-electron chi connectivity index (χ0n) is 13.5. The molecule has 1 unspecified atom stereocenters. The predicted molar refractivity (Wildman–Crippen MR) is 88.3 cm³/mol. The van der Waals surface area contributed by atoms with Crippen LogP contribution in [0.15, 0.2) is 60.7 Å². The Labute approximate surface area is 143 Å². The standard InChI is InChI=1S/C19H16F3NO2/c1-2-13-4-3-5-14(12-13)17-10-11-18(24)23(17)15-6-8-16(9-7-15)25-19(20,21)22/h3-12,17H,2H2,1H3. The predicted octanol–water partition coefficient (Wildman–Crippen LogP) is 4.79. The first-order valence-corrected chi connectivity index (χ1v) is 7.83. The molecule has 2 aromatic carbocycles. The Balaban J connectivity index is 1.87. The van der Waals surface area contributed by atoms with E-state index in [4.69, 9.17) is 0 Å². The summed E-state index contributed by atoms with van der Waals surface area (Å²) < 4.78 is 40.7. The molecule has 1 heterocycles. The minimum Gasteiger partial charge on any atom is -0.406 e. The fraction of sp³-hybridized carbons (Fsp3) is 0.211. The molecule has 6 heteroatoms. The van der Waals surface area contributed by atoms with E-state index in [1.54, 1.807) is 11.0 Å². The molecule has 0 aromatic heterocycles. The number of carbonyl (C=O) groups is 1. The number of carbonyl (C=O) groups excluding carboxylic acids is 1. The van der Waals surface area contributed by atoms with Crippen LogP contribution in [0.4, 0.5) is 18.9 Å². The summed E-state index contributed by atoms with van der Waals surface area (Å²) in [5.41, 5.74) is 2.62. The Morgan fingerprint density at radius 3 is 2.48 bits per heavy atom. The van der Waals surface area contributed by atoms with Crippen molar-refractivity contribution in [2.75, 3.05) is 4.90 Å². The van der Waals surface area contributed by atoms with Crippen LogP contribution in [0.1, 0.15) is 24.1 Å². The Hall–Kier alpha value is -2.76. The van der Waals surface area contributed by atoms with Gasteiger partial charge in [-0.05, 0) is 41.8 Å². The molecular weight excluding hydrogens is 331 g/mol. The van der Waals surface area contributed by atoms with Crippen molar-refractivity contribution in [3.05, 3.63) is 71.8 Å². The number of hydrogen-bond acceptors (Lipinski definition) is 2. The minimum absolute atomic E-state index is 0.212. The highest BCUT2D eigenvalue weighted by Crippen LogP contribution is 2.34. The summed E-state index contributed by atoms with van der Waals surface area (Å²) in [6.07, 6.45) is -0.599. The lowest BCUT2D eigenvalue weighted by Crippen LogP contribution is -2.28. The van der Waals surface area contributed by atoms with Gasteiger partial charge in [0.15, 0.2) is 0 Å². The smallest absolute Gasteiger partial charge is 0.406 e. The summed E-state index contributed by atoms with van der Waals surface area (Å²) in [6.45, 7) is 2.05. The SMILES string of the molecule is CCc1cccc(C2C=CC(=O)N2c2ccc(OC(F)(F)F)cc2)c1. The molecular formula is C19H16F3NO2. The van der Waals surface area contributed by atoms with E-state index in [1.807, 2.05) is 31.2 Å². The van der Waals surface area contributed by atoms with Gasteiger partial charge in [-0.25, -0.2) is 0 Å². The van der Waals surface area contributed by atoms with Gasteiger partial charge in [-0.2, -0.15) is 0 Å². The fourth-order valence-electron chi connectivity index (χ4n) is 2.83. The number of alkyl halides is 3. The van der Waals surface area contributed by atoms with Gasteiger partial charge in [-0.3, -0.25) is 9.69 Å². The summed E-state index contributed by atoms with van der Waals surface area (Å²) in [6, 6.07) is 12.9. The highest BCUT2D eigenvalue weighted by atomic mass is 19.4. The van der Waals surface area contributed by atoms with Crippen molar-refractivity contribution in [3.8, 4) is 5.75 Å². The molecule has 1 aliphatic rings. The maximum atomic E-state index is 12.3. The quantitative estimate of drug-likeness (QED) is 0.796. The van der Waals surface area contributed by atoms with E-state index in [2.05, 4.69) is 4.74 Å². The van der Waals surface area contributed by atoms with E-state index in [1.165, 1.54) is 30.3 Å². The third-order valence-corrected chi connectivity index (χ3v) is 3.99. The number of benzene rings is 2. The lowest BCUT2D eigenvalue weighted by molar-refractivity contribution is -0.274. The third-order valence-electron chi connectivity index (χ3n) is 3.99. The number of halogens is 3. The largest absolute Gasteiger partial charge is 0.573 e. The number of amides is 1. The van der Waals surface area contributed by atoms with Gasteiger partial charge in [0.05, 0.1) is 6.04 Å². The van der Waals surface area contributed by atoms with Crippen molar-refractivity contribution >= 4 is 11.6 Å². The maximum absolute atomic E-state index is 12.3. The van der Waals surface area contributed by atoms with Crippen LogP contribution in [0.3, 0.4) is 0 Å². The van der Waals surface area contributed by atoms with Crippen LogP contribution >= 0.6 is 0 Å². The average molecular weight is 347 g/mol. The van der Waals surface area contributed by atoms with Gasteiger partial charge in [0.25, 0.3) is 5.91 Å². The van der Waals surface area contributed by atoms with Gasteiger partial charge in [0.1, 0.15) is 5.75 Å². The lowest BCUT2D eigenvalue weighted by atomic mass is 10.0. The van der Waals surface area contributed by atoms with Crippen molar-refractivity contribution in [2.45, 2.75) is 25.7 Å². The summed E-state index contributed by atoms with van der Waals surface area (Å²) >= 11 is 0. The normalized spacial score (nSPS) is 17.2. The number of hydrogen-bond donors (Lipinski definition) is 0. The lowest BCUT2D eigenvalue weighted by Gasteiger charge is -2.25. The molecule has 2 aromatic rings. The molecule has 3 rings (SSSR count). The molecule has 25 heavy (non-hydrogen) atoms. The van der Waals surface area contributed by atoms with Crippen LogP contribution in [0.2, 0.25) is 0 Å². The zero-order valence-corrected chi connectivity index (χ0v) is 13.5. The minimum atomic E-state index is -4.74. The Kier molecular flexibility index (Phi) is 4.53. The van der Waals surface area contributed by atoms with Crippen molar-refractivity contribution in [1.82, 2.24) is 0 Å². The Morgan fingerprint density at radius 1 is 1.12 bits per heavy atom. The first-order chi connectivity index (χ1) is 11.9. The van der Waals surface area contributed by atoms with Gasteiger partial charge >= 0.3 is 6.36 Å². The second-order valence-electron chi connectivity index (χ2n) is 5.65. The van der Waals surface area contributed by atoms with Crippen LogP contribution < -0.4 is 9.64 Å². The van der Waals surface area contributed by atoms with Gasteiger partial charge < -0.3 is 4.74 Å². The topological polar surface area (TPSA) is 29.5 Å². The molecule has 1 amide bonds. The summed E-state index contributed by atoms with van der Waals surface area (Å²) in [5, 5.41) is 0. The van der Waals surface area contributed by atoms with Crippen LogP contribution in [0.25, 0.3) is 0 Å². The molecule has 0 N–H and O–H groups in total. The van der Waals surface area contributed by atoms with Gasteiger partial charge in [-0.15, -0.1) is 13.2 Å². The molecule has 1 atom stereocenters. The molecule has 0 saturated heterocycles. The van der Waals surface area contributed by atoms with Crippen LogP contribution in [-0.4, -0.2) is 12.3 Å². The number of nitrogens with zero attached hydrogens (tertiary/aromatic N) is 1. The van der Waals surface area contributed by atoms with Crippen LogP contribution in [-0.2, 0) is 11.2 Å². The van der Waals surface area contributed by atoms with E-state index in [0.717, 1.165) is 17.5 Å². The Bertz CT molecular complexity index is 797. The summed E-state index contributed by atoms with van der Waals surface area (Å²) in [7, 11) is 0. The van der Waals surface area contributed by atoms with Gasteiger partial charge in [0.2, 0.25) is 0 Å². The zero-order chi connectivity index (χ0) is 18.0. The molecule has 0 saturated carbocycles. The average Bonchev–Trinajstić information content (AvgIpc) is 2.96. The number of anilines is 1. The number of aryl methyl sites for hydroxylation is 1. The molecule has 0 radical (unpaired) electrons. The van der Waals surface area contributed by atoms with Gasteiger partial charge in [-0.1, -0.05) is 37.3 Å². The molecule has 130 valence electrons. The molecule has 1 aliphatic heterocycles. The van der Waals surface area contributed by atoms with E-state index >= 15 is 0 Å². The van der Waals surface area contributed by atoms with Crippen molar-refractivity contribution in [2.24, 2.45) is 0 Å². The highest BCUT2D eigenvalue weighted by molar-refractivity contribution is 6.05. The molecule has 3 nitrogen and oxygen atoms in total. The summed E-state index contributed by atoms with van der Waals surface area (Å²) in [5.74, 6) is -0.531. The maximum Gasteiger partial charge on any atom is 0.573 e. The monoisotopic (exact) mass is 347 g/mol. The third kappa shape index (κ3) is 3.84. The molecule has 0 fully saturated rings. The van der Waals surface area contributed by atoms with Crippen molar-refractivity contribution in [1.29, 1.82) is 0 Å². The van der Waals surface area contributed by atoms with E-state index in [0.29, 0.717) is 5.69 Å². The first-order valence-electron chi connectivity index (χ1n) is 7.83. The second-order valence-corrected chi connectivity index (χ2v) is 5.65. The van der Waals surface area contributed by atoms with E-state index in [9.17, 15) is 18.0 Å². The fourth-order valence-corrected chi connectivity index (χ4v) is 2.83. The molecule has 0 bridgehead atoms. The number of rotatable bonds is 4. The van der Waals surface area contributed by atoms with E-state index < -0.39 is 6.36 Å². The number of ether oxygens (including phenoxy) is 1. The van der Waals surface area contributed by atoms with E-state index in [-0.39, 0.29) is 17.7 Å². The summed E-state index contributed by atoms with van der Waals surface area (Å²) in [4.78, 5) is 13.8. The van der Waals surface area contributed by atoms with Gasteiger partial charge in [0, 0.05) is 11.8 Å². The van der Waals surface area contributed by atoms with Crippen LogP contribution in [0.5, 0.6) is 5.75 Å². The van der Waals surface area contributed by atoms with Crippen molar-refractivity contribution in [3.63, 3.8) is 0 Å². The first kappa shape index (κ1) is 17.1. The molecule has 0 spiro atoms. The Morgan fingerprint density at radius 2 is 1.84 bits per heavy atom. The molecule has 0 aliphatic carbocycles. The van der Waals surface area contributed by atoms with Crippen LogP contribution in [0, 0.1) is 0 Å². The van der Waals surface area contributed by atoms with Crippen molar-refractivity contribution < 1.29 is 22.7 Å².